The van der Waals surface area contributed by atoms with Crippen molar-refractivity contribution in [2.24, 2.45) is 5.92 Å². The standard InChI is InChI=1S/C15H16Cl2N2O4S2/c16-11-1-2-12(17)13(8-11)22-4-5-24-15-19-18-14(23-15)7-10-3-6-25(20,21)9-10/h1-2,8,10H,3-7,9H2. The van der Waals surface area contributed by atoms with Gasteiger partial charge in [0.15, 0.2) is 9.84 Å². The number of aromatic nitrogens is 2. The minimum atomic E-state index is -2.89. The highest BCUT2D eigenvalue weighted by molar-refractivity contribution is 7.99. The first kappa shape index (κ1) is 18.8. The maximum atomic E-state index is 11.5. The van der Waals surface area contributed by atoms with Crippen LogP contribution in [0.15, 0.2) is 27.8 Å². The lowest BCUT2D eigenvalue weighted by Gasteiger charge is -2.07. The van der Waals surface area contributed by atoms with E-state index in [1.807, 2.05) is 0 Å². The summed E-state index contributed by atoms with van der Waals surface area (Å²) in [4.78, 5) is 0. The Hall–Kier alpha value is -0.960. The van der Waals surface area contributed by atoms with E-state index in [9.17, 15) is 8.42 Å². The second kappa shape index (κ2) is 8.16. The Labute approximate surface area is 160 Å². The van der Waals surface area contributed by atoms with Crippen LogP contribution in [0.2, 0.25) is 10.0 Å². The molecule has 1 fully saturated rings. The van der Waals surface area contributed by atoms with Crippen LogP contribution in [0.5, 0.6) is 5.75 Å². The van der Waals surface area contributed by atoms with Gasteiger partial charge in [0.1, 0.15) is 5.75 Å². The Morgan fingerprint density at radius 2 is 2.16 bits per heavy atom. The second-order valence-corrected chi connectivity index (χ2v) is 9.83. The van der Waals surface area contributed by atoms with Gasteiger partial charge in [-0.2, -0.15) is 0 Å². The van der Waals surface area contributed by atoms with Crippen LogP contribution in [-0.2, 0) is 16.3 Å². The van der Waals surface area contributed by atoms with Gasteiger partial charge in [-0.1, -0.05) is 35.0 Å². The molecular formula is C15H16Cl2N2O4S2. The number of hydrogen-bond acceptors (Lipinski definition) is 7. The lowest BCUT2D eigenvalue weighted by molar-refractivity contribution is 0.342. The zero-order chi connectivity index (χ0) is 17.9. The Morgan fingerprint density at radius 1 is 1.32 bits per heavy atom. The summed E-state index contributed by atoms with van der Waals surface area (Å²) >= 11 is 13.3. The molecule has 25 heavy (non-hydrogen) atoms. The summed E-state index contributed by atoms with van der Waals surface area (Å²) in [6, 6.07) is 5.04. The van der Waals surface area contributed by atoms with Gasteiger partial charge in [0.25, 0.3) is 5.22 Å². The number of halogens is 2. The third-order valence-electron chi connectivity index (χ3n) is 3.70. The molecule has 0 bridgehead atoms. The molecule has 0 amide bonds. The van der Waals surface area contributed by atoms with E-state index in [0.717, 1.165) is 0 Å². The fraction of sp³-hybridized carbons (Fsp3) is 0.467. The summed E-state index contributed by atoms with van der Waals surface area (Å²) in [6.45, 7) is 0.406. The Balaban J connectivity index is 1.43. The van der Waals surface area contributed by atoms with Crippen LogP contribution in [0, 0.1) is 5.92 Å². The molecule has 2 heterocycles. The molecule has 0 saturated carbocycles. The van der Waals surface area contributed by atoms with Crippen LogP contribution in [0.1, 0.15) is 12.3 Å². The predicted octanol–water partition coefficient (Wildman–Crippen LogP) is 3.52. The number of hydrogen-bond donors (Lipinski definition) is 0. The molecule has 1 aliphatic heterocycles. The van der Waals surface area contributed by atoms with Gasteiger partial charge in [-0.05, 0) is 24.5 Å². The predicted molar refractivity (Wildman–Crippen MR) is 97.4 cm³/mol. The van der Waals surface area contributed by atoms with E-state index >= 15 is 0 Å². The average molecular weight is 423 g/mol. The first-order valence-corrected chi connectivity index (χ1v) is 11.2. The van der Waals surface area contributed by atoms with E-state index in [4.69, 9.17) is 32.4 Å². The summed E-state index contributed by atoms with van der Waals surface area (Å²) < 4.78 is 34.1. The molecule has 0 spiro atoms. The zero-order valence-corrected chi connectivity index (χ0v) is 16.3. The van der Waals surface area contributed by atoms with Crippen molar-refractivity contribution in [1.82, 2.24) is 10.2 Å². The quantitative estimate of drug-likeness (QED) is 0.498. The zero-order valence-electron chi connectivity index (χ0n) is 13.2. The maximum absolute atomic E-state index is 11.5. The largest absolute Gasteiger partial charge is 0.491 e. The number of rotatable bonds is 7. The molecule has 0 radical (unpaired) electrons. The van der Waals surface area contributed by atoms with Crippen LogP contribution < -0.4 is 4.74 Å². The molecule has 0 N–H and O–H groups in total. The third kappa shape index (κ3) is 5.51. The van der Waals surface area contributed by atoms with Crippen molar-refractivity contribution >= 4 is 44.8 Å². The normalized spacial score (nSPS) is 19.2. The van der Waals surface area contributed by atoms with E-state index in [1.54, 1.807) is 18.2 Å². The smallest absolute Gasteiger partial charge is 0.276 e. The topological polar surface area (TPSA) is 82.3 Å². The van der Waals surface area contributed by atoms with Crippen molar-refractivity contribution in [3.63, 3.8) is 0 Å². The number of nitrogens with zero attached hydrogens (tertiary/aromatic N) is 2. The number of ether oxygens (including phenoxy) is 1. The Kier molecular flexibility index (Phi) is 6.14. The molecule has 136 valence electrons. The van der Waals surface area contributed by atoms with Gasteiger partial charge in [0.2, 0.25) is 5.89 Å². The van der Waals surface area contributed by atoms with Crippen molar-refractivity contribution in [3.8, 4) is 5.75 Å². The van der Waals surface area contributed by atoms with Gasteiger partial charge in [0, 0.05) is 23.3 Å². The second-order valence-electron chi connectivity index (χ2n) is 5.71. The molecule has 1 aromatic heterocycles. The number of sulfone groups is 1. The van der Waals surface area contributed by atoms with E-state index in [2.05, 4.69) is 10.2 Å². The van der Waals surface area contributed by atoms with Crippen LogP contribution >= 0.6 is 35.0 Å². The van der Waals surface area contributed by atoms with Crippen molar-refractivity contribution in [2.45, 2.75) is 18.1 Å². The van der Waals surface area contributed by atoms with E-state index in [0.29, 0.717) is 52.1 Å². The van der Waals surface area contributed by atoms with Crippen LogP contribution in [0.3, 0.4) is 0 Å². The Morgan fingerprint density at radius 3 is 2.92 bits per heavy atom. The highest BCUT2D eigenvalue weighted by Crippen LogP contribution is 2.28. The average Bonchev–Trinajstić information content (AvgIpc) is 3.13. The van der Waals surface area contributed by atoms with Gasteiger partial charge >= 0.3 is 0 Å². The molecule has 1 saturated heterocycles. The molecule has 1 atom stereocenters. The van der Waals surface area contributed by atoms with Crippen LogP contribution in [0.25, 0.3) is 0 Å². The van der Waals surface area contributed by atoms with Gasteiger partial charge in [-0.25, -0.2) is 8.42 Å². The fourth-order valence-electron chi connectivity index (χ4n) is 2.53. The fourth-order valence-corrected chi connectivity index (χ4v) is 5.32. The molecular weight excluding hydrogens is 407 g/mol. The summed E-state index contributed by atoms with van der Waals surface area (Å²) in [5, 5.41) is 9.44. The first-order chi connectivity index (χ1) is 11.9. The van der Waals surface area contributed by atoms with Crippen molar-refractivity contribution in [1.29, 1.82) is 0 Å². The first-order valence-electron chi connectivity index (χ1n) is 7.65. The maximum Gasteiger partial charge on any atom is 0.276 e. The van der Waals surface area contributed by atoms with Crippen LogP contribution in [0.4, 0.5) is 0 Å². The molecule has 3 rings (SSSR count). The lowest BCUT2D eigenvalue weighted by Crippen LogP contribution is -2.07. The SMILES string of the molecule is O=S1(=O)CCC(Cc2nnc(SCCOc3cc(Cl)ccc3Cl)o2)C1. The molecule has 10 heteroatoms. The molecule has 2 aromatic rings. The highest BCUT2D eigenvalue weighted by Gasteiger charge is 2.29. The van der Waals surface area contributed by atoms with Gasteiger partial charge < -0.3 is 9.15 Å². The molecule has 1 aromatic carbocycles. The molecule has 1 unspecified atom stereocenters. The summed E-state index contributed by atoms with van der Waals surface area (Å²) in [7, 11) is -2.89. The van der Waals surface area contributed by atoms with Gasteiger partial charge in [-0.3, -0.25) is 0 Å². The monoisotopic (exact) mass is 422 g/mol. The van der Waals surface area contributed by atoms with Gasteiger partial charge in [-0.15, -0.1) is 10.2 Å². The lowest BCUT2D eigenvalue weighted by atomic mass is 10.1. The van der Waals surface area contributed by atoms with Crippen LogP contribution in [-0.4, -0.2) is 42.5 Å². The van der Waals surface area contributed by atoms with E-state index < -0.39 is 9.84 Å². The van der Waals surface area contributed by atoms with Crippen molar-refractivity contribution in [3.05, 3.63) is 34.1 Å². The number of thioether (sulfide) groups is 1. The Bertz CT molecular complexity index is 842. The molecule has 6 nitrogen and oxygen atoms in total. The summed E-state index contributed by atoms with van der Waals surface area (Å²) in [5.41, 5.74) is 0. The van der Waals surface area contributed by atoms with Crippen molar-refractivity contribution < 1.29 is 17.6 Å². The third-order valence-corrected chi connectivity index (χ3v) is 6.87. The summed E-state index contributed by atoms with van der Waals surface area (Å²) in [5.74, 6) is 2.12. The molecule has 1 aliphatic rings. The number of benzene rings is 1. The van der Waals surface area contributed by atoms with Gasteiger partial charge in [0.05, 0.1) is 23.1 Å². The minimum Gasteiger partial charge on any atom is -0.491 e. The minimum absolute atomic E-state index is 0.0663. The van der Waals surface area contributed by atoms with Crippen molar-refractivity contribution in [2.75, 3.05) is 23.9 Å². The molecule has 0 aliphatic carbocycles. The van der Waals surface area contributed by atoms with E-state index in [1.165, 1.54) is 11.8 Å². The summed E-state index contributed by atoms with van der Waals surface area (Å²) in [6.07, 6.45) is 1.16. The highest BCUT2D eigenvalue weighted by atomic mass is 35.5. The van der Waals surface area contributed by atoms with E-state index in [-0.39, 0.29) is 17.4 Å².